The normalized spacial score (nSPS) is 13.9. The van der Waals surface area contributed by atoms with Gasteiger partial charge in [-0.3, -0.25) is 0 Å². The predicted octanol–water partition coefficient (Wildman–Crippen LogP) is 4.66. The Morgan fingerprint density at radius 2 is 1.89 bits per heavy atom. The number of hydrogen-bond donors (Lipinski definition) is 2. The van der Waals surface area contributed by atoms with Crippen molar-refractivity contribution in [1.82, 2.24) is 10.3 Å². The molecular formula is C19H24BrFN2O4. The minimum Gasteiger partial charge on any atom is -0.461 e. The summed E-state index contributed by atoms with van der Waals surface area (Å²) in [7, 11) is 0. The van der Waals surface area contributed by atoms with E-state index in [1.54, 1.807) is 40.7 Å². The molecule has 1 unspecified atom stereocenters. The van der Waals surface area contributed by atoms with Crippen LogP contribution in [0.3, 0.4) is 0 Å². The number of alkyl halides is 1. The maximum Gasteiger partial charge on any atom is 0.408 e. The zero-order valence-corrected chi connectivity index (χ0v) is 17.6. The van der Waals surface area contributed by atoms with Crippen LogP contribution in [0.5, 0.6) is 0 Å². The van der Waals surface area contributed by atoms with Crippen molar-refractivity contribution in [3.05, 3.63) is 35.3 Å². The number of rotatable bonds is 5. The van der Waals surface area contributed by atoms with Crippen molar-refractivity contribution >= 4 is 38.9 Å². The van der Waals surface area contributed by atoms with Crippen LogP contribution in [0.4, 0.5) is 9.18 Å². The zero-order chi connectivity index (χ0) is 20.4. The number of nitrogens with one attached hydrogen (secondary N) is 2. The molecule has 2 N–H and O–H groups in total. The van der Waals surface area contributed by atoms with Crippen LogP contribution < -0.4 is 5.32 Å². The topological polar surface area (TPSA) is 80.4 Å². The smallest absolute Gasteiger partial charge is 0.408 e. The Labute approximate surface area is 165 Å². The fourth-order valence-corrected chi connectivity index (χ4v) is 3.12. The molecule has 8 heteroatoms. The van der Waals surface area contributed by atoms with Gasteiger partial charge in [0, 0.05) is 17.3 Å². The number of aromatic nitrogens is 1. The molecule has 0 radical (unpaired) electrons. The molecule has 0 aliphatic rings. The number of H-pyrrole nitrogens is 1. The number of esters is 1. The Hall–Kier alpha value is -2.09. The molecule has 6 nitrogen and oxygen atoms in total. The maximum atomic E-state index is 14.1. The summed E-state index contributed by atoms with van der Waals surface area (Å²) in [5.74, 6) is -0.944. The van der Waals surface area contributed by atoms with Crippen molar-refractivity contribution in [2.24, 2.45) is 0 Å². The molecule has 0 fully saturated rings. The number of ether oxygens (including phenoxy) is 2. The van der Waals surface area contributed by atoms with Crippen LogP contribution in [0.1, 0.15) is 50.7 Å². The van der Waals surface area contributed by atoms with Crippen LogP contribution in [0.25, 0.3) is 10.9 Å². The minimum atomic E-state index is -0.884. The van der Waals surface area contributed by atoms with Gasteiger partial charge in [0.25, 0.3) is 0 Å². The van der Waals surface area contributed by atoms with Crippen LogP contribution in [-0.4, -0.2) is 33.7 Å². The number of aromatic amines is 1. The molecule has 27 heavy (non-hydrogen) atoms. The number of amides is 1. The van der Waals surface area contributed by atoms with E-state index >= 15 is 0 Å². The highest BCUT2D eigenvalue weighted by atomic mass is 79.9. The Balaban J connectivity index is 2.29. The van der Waals surface area contributed by atoms with E-state index in [4.69, 9.17) is 9.47 Å². The summed E-state index contributed by atoms with van der Waals surface area (Å²) < 4.78 is 23.4. The number of carbonyl (C=O) groups is 2. The highest BCUT2D eigenvalue weighted by Gasteiger charge is 2.28. The van der Waals surface area contributed by atoms with E-state index < -0.39 is 27.9 Å². The second-order valence-electron chi connectivity index (χ2n) is 7.43. The highest BCUT2D eigenvalue weighted by molar-refractivity contribution is 9.10. The van der Waals surface area contributed by atoms with E-state index in [1.807, 2.05) is 0 Å². The summed E-state index contributed by atoms with van der Waals surface area (Å²) in [5.41, 5.74) is 0.815. The summed E-state index contributed by atoms with van der Waals surface area (Å²) in [6.45, 7) is 9.00. The molecule has 1 amide bonds. The third kappa shape index (κ3) is 5.95. The largest absolute Gasteiger partial charge is 0.461 e. The first kappa shape index (κ1) is 21.2. The first-order valence-corrected chi connectivity index (χ1v) is 9.38. The van der Waals surface area contributed by atoms with Crippen LogP contribution in [0.15, 0.2) is 18.2 Å². The van der Waals surface area contributed by atoms with E-state index in [2.05, 4.69) is 26.2 Å². The van der Waals surface area contributed by atoms with Crippen LogP contribution in [0.2, 0.25) is 0 Å². The molecule has 1 aromatic heterocycles. The first-order chi connectivity index (χ1) is 12.4. The SMILES string of the molecule is CCOC(=O)c1cc2cc(F)cc(CC(C)(Br)NC(=O)OC(C)(C)C)c2[nH]1. The number of carbonyl (C=O) groups excluding carboxylic acids is 2. The van der Waals surface area contributed by atoms with E-state index in [0.717, 1.165) is 0 Å². The fourth-order valence-electron chi connectivity index (χ4n) is 2.66. The summed E-state index contributed by atoms with van der Waals surface area (Å²) in [6, 6.07) is 4.25. The van der Waals surface area contributed by atoms with Crippen molar-refractivity contribution in [3.63, 3.8) is 0 Å². The highest BCUT2D eigenvalue weighted by Crippen LogP contribution is 2.28. The van der Waals surface area contributed by atoms with Gasteiger partial charge in [-0.2, -0.15) is 0 Å². The van der Waals surface area contributed by atoms with Crippen molar-refractivity contribution in [2.45, 2.75) is 51.1 Å². The Morgan fingerprint density at radius 1 is 1.22 bits per heavy atom. The van der Waals surface area contributed by atoms with E-state index in [0.29, 0.717) is 16.5 Å². The zero-order valence-electron chi connectivity index (χ0n) is 16.0. The number of hydrogen-bond acceptors (Lipinski definition) is 4. The standard InChI is InChI=1S/C19H24BrFN2O4/c1-6-26-16(24)14-9-11-7-13(21)8-12(15(11)22-14)10-19(5,20)23-17(25)27-18(2,3)4/h7-9,22H,6,10H2,1-5H3,(H,23,25). The average Bonchev–Trinajstić information content (AvgIpc) is 2.88. The quantitative estimate of drug-likeness (QED) is 0.400. The Morgan fingerprint density at radius 3 is 2.48 bits per heavy atom. The molecule has 2 aromatic rings. The summed E-state index contributed by atoms with van der Waals surface area (Å²) in [5, 5.41) is 3.27. The molecule has 0 saturated carbocycles. The van der Waals surface area contributed by atoms with E-state index in [9.17, 15) is 14.0 Å². The van der Waals surface area contributed by atoms with Crippen molar-refractivity contribution in [1.29, 1.82) is 0 Å². The van der Waals surface area contributed by atoms with Gasteiger partial charge in [-0.1, -0.05) is 15.9 Å². The monoisotopic (exact) mass is 442 g/mol. The van der Waals surface area contributed by atoms with Crippen molar-refractivity contribution in [2.75, 3.05) is 6.61 Å². The molecule has 0 spiro atoms. The van der Waals surface area contributed by atoms with E-state index in [-0.39, 0.29) is 18.7 Å². The van der Waals surface area contributed by atoms with Gasteiger partial charge < -0.3 is 19.8 Å². The molecule has 1 heterocycles. The molecule has 2 rings (SSSR count). The Kier molecular flexibility index (Phi) is 6.19. The van der Waals surface area contributed by atoms with Crippen molar-refractivity contribution < 1.29 is 23.5 Å². The second kappa shape index (κ2) is 7.88. The lowest BCUT2D eigenvalue weighted by Gasteiger charge is -2.27. The molecule has 0 bridgehead atoms. The van der Waals surface area contributed by atoms with E-state index in [1.165, 1.54) is 12.1 Å². The third-order valence-corrected chi connectivity index (χ3v) is 4.03. The minimum absolute atomic E-state index is 0.245. The van der Waals surface area contributed by atoms with Gasteiger partial charge in [0.15, 0.2) is 0 Å². The van der Waals surface area contributed by atoms with Crippen LogP contribution in [0, 0.1) is 5.82 Å². The van der Waals surface area contributed by atoms with Gasteiger partial charge in [-0.25, -0.2) is 14.0 Å². The number of halogens is 2. The van der Waals surface area contributed by atoms with Gasteiger partial charge in [-0.15, -0.1) is 0 Å². The number of benzene rings is 1. The van der Waals surface area contributed by atoms with Crippen LogP contribution >= 0.6 is 15.9 Å². The molecule has 0 aliphatic heterocycles. The molecular weight excluding hydrogens is 419 g/mol. The second-order valence-corrected chi connectivity index (χ2v) is 9.18. The average molecular weight is 443 g/mol. The Bertz CT molecular complexity index is 855. The lowest BCUT2D eigenvalue weighted by atomic mass is 10.0. The molecule has 1 atom stereocenters. The summed E-state index contributed by atoms with van der Waals surface area (Å²) >= 11 is 3.46. The molecule has 148 valence electrons. The number of alkyl carbamates (subject to hydrolysis) is 1. The lowest BCUT2D eigenvalue weighted by molar-refractivity contribution is 0.0496. The van der Waals surface area contributed by atoms with Gasteiger partial charge in [-0.05, 0) is 58.4 Å². The summed E-state index contributed by atoms with van der Waals surface area (Å²) in [4.78, 5) is 27.0. The molecule has 1 aromatic carbocycles. The molecule has 0 saturated heterocycles. The van der Waals surface area contributed by atoms with Crippen molar-refractivity contribution in [3.8, 4) is 0 Å². The van der Waals surface area contributed by atoms with Gasteiger partial charge in [0.1, 0.15) is 17.1 Å². The molecule has 0 aliphatic carbocycles. The fraction of sp³-hybridized carbons (Fsp3) is 0.474. The number of fused-ring (bicyclic) bond motifs is 1. The van der Waals surface area contributed by atoms with Gasteiger partial charge >= 0.3 is 12.1 Å². The van der Waals surface area contributed by atoms with Crippen LogP contribution in [-0.2, 0) is 15.9 Å². The summed E-state index contributed by atoms with van der Waals surface area (Å²) in [6.07, 6.45) is -0.336. The maximum absolute atomic E-state index is 14.1. The van der Waals surface area contributed by atoms with Gasteiger partial charge in [0.2, 0.25) is 0 Å². The lowest BCUT2D eigenvalue weighted by Crippen LogP contribution is -2.45. The first-order valence-electron chi connectivity index (χ1n) is 8.58. The van der Waals surface area contributed by atoms with Gasteiger partial charge in [0.05, 0.1) is 11.1 Å². The predicted molar refractivity (Wildman–Crippen MR) is 105 cm³/mol. The third-order valence-electron chi connectivity index (χ3n) is 3.55.